The van der Waals surface area contributed by atoms with Gasteiger partial charge in [0.15, 0.2) is 0 Å². The van der Waals surface area contributed by atoms with E-state index >= 15 is 0 Å². The van der Waals surface area contributed by atoms with Crippen LogP contribution in [0.25, 0.3) is 0 Å². The Labute approximate surface area is 235 Å². The third-order valence-electron chi connectivity index (χ3n) is 6.57. The van der Waals surface area contributed by atoms with Crippen LogP contribution in [0.1, 0.15) is 31.4 Å². The van der Waals surface area contributed by atoms with Crippen LogP contribution in [-0.4, -0.2) is 57.1 Å². The van der Waals surface area contributed by atoms with Crippen LogP contribution in [-0.2, 0) is 32.6 Å². The lowest BCUT2D eigenvalue weighted by Crippen LogP contribution is -2.54. The summed E-state index contributed by atoms with van der Waals surface area (Å²) in [4.78, 5) is 29.1. The van der Waals surface area contributed by atoms with Gasteiger partial charge in [-0.3, -0.25) is 13.9 Å². The van der Waals surface area contributed by atoms with Gasteiger partial charge >= 0.3 is 0 Å². The molecule has 0 aliphatic heterocycles. The number of carbonyl (C=O) groups excluding carboxylic acids is 2. The zero-order chi connectivity index (χ0) is 29.3. The van der Waals surface area contributed by atoms with Gasteiger partial charge in [-0.25, -0.2) is 12.8 Å². The van der Waals surface area contributed by atoms with Crippen LogP contribution < -0.4 is 14.4 Å². The maximum absolute atomic E-state index is 14.1. The number of benzene rings is 3. The standard InChI is InChI=1S/C30H36FN3O5S/c1-5-22(2)32-30(36)27(19-23-11-7-6-8-12-23)33(20-24-15-17-25(31)18-16-24)29(35)21-34(40(4,37)38)26-13-9-10-14-28(26)39-3/h6-18,22,27H,5,19-21H2,1-4H3,(H,32,36)/t22-,27+/m1/s1. The van der Waals surface area contributed by atoms with Crippen molar-refractivity contribution in [2.45, 2.75) is 45.3 Å². The number of methoxy groups -OCH3 is 1. The second kappa shape index (κ2) is 13.9. The summed E-state index contributed by atoms with van der Waals surface area (Å²) in [5.74, 6) is -1.12. The first kappa shape index (κ1) is 30.6. The zero-order valence-corrected chi connectivity index (χ0v) is 24.0. The van der Waals surface area contributed by atoms with E-state index in [0.717, 1.165) is 16.1 Å². The summed E-state index contributed by atoms with van der Waals surface area (Å²) in [5.41, 5.74) is 1.62. The van der Waals surface area contributed by atoms with Crippen LogP contribution in [0.3, 0.4) is 0 Å². The van der Waals surface area contributed by atoms with Crippen LogP contribution in [0.5, 0.6) is 5.75 Å². The average molecular weight is 570 g/mol. The minimum Gasteiger partial charge on any atom is -0.495 e. The van der Waals surface area contributed by atoms with Crippen LogP contribution in [0.2, 0.25) is 0 Å². The summed E-state index contributed by atoms with van der Waals surface area (Å²) in [6, 6.07) is 20.3. The quantitative estimate of drug-likeness (QED) is 0.334. The molecule has 0 saturated heterocycles. The first-order valence-corrected chi connectivity index (χ1v) is 14.9. The summed E-state index contributed by atoms with van der Waals surface area (Å²) in [7, 11) is -2.52. The molecule has 40 heavy (non-hydrogen) atoms. The Kier molecular flexibility index (Phi) is 10.7. The van der Waals surface area contributed by atoms with Gasteiger partial charge < -0.3 is 15.0 Å². The van der Waals surface area contributed by atoms with E-state index in [1.165, 1.54) is 36.3 Å². The van der Waals surface area contributed by atoms with Crippen molar-refractivity contribution in [3.8, 4) is 5.75 Å². The third-order valence-corrected chi connectivity index (χ3v) is 7.70. The molecule has 0 aliphatic carbocycles. The van der Waals surface area contributed by atoms with Crippen LogP contribution >= 0.6 is 0 Å². The van der Waals surface area contributed by atoms with E-state index < -0.39 is 34.3 Å². The summed E-state index contributed by atoms with van der Waals surface area (Å²) < 4.78 is 45.8. The number of hydrogen-bond acceptors (Lipinski definition) is 5. The molecular formula is C30H36FN3O5S. The lowest BCUT2D eigenvalue weighted by molar-refractivity contribution is -0.140. The fourth-order valence-corrected chi connectivity index (χ4v) is 5.07. The van der Waals surface area contributed by atoms with Crippen molar-refractivity contribution in [1.29, 1.82) is 0 Å². The highest BCUT2D eigenvalue weighted by molar-refractivity contribution is 7.92. The molecule has 0 bridgehead atoms. The molecule has 1 N–H and O–H groups in total. The molecule has 2 amide bonds. The Morgan fingerprint density at radius 1 is 0.950 bits per heavy atom. The Hall–Kier alpha value is -3.92. The Morgan fingerprint density at radius 3 is 2.17 bits per heavy atom. The van der Waals surface area contributed by atoms with Gasteiger partial charge in [0, 0.05) is 19.0 Å². The first-order chi connectivity index (χ1) is 19.0. The number of carbonyl (C=O) groups is 2. The Morgan fingerprint density at radius 2 is 1.57 bits per heavy atom. The summed E-state index contributed by atoms with van der Waals surface area (Å²) in [5, 5.41) is 2.97. The summed E-state index contributed by atoms with van der Waals surface area (Å²) in [6.45, 7) is 3.21. The number of rotatable bonds is 13. The second-order valence-corrected chi connectivity index (χ2v) is 11.5. The highest BCUT2D eigenvalue weighted by Gasteiger charge is 2.34. The van der Waals surface area contributed by atoms with Crippen molar-refractivity contribution in [2.75, 3.05) is 24.2 Å². The molecular weight excluding hydrogens is 533 g/mol. The summed E-state index contributed by atoms with van der Waals surface area (Å²) in [6.07, 6.45) is 1.89. The van der Waals surface area contributed by atoms with Gasteiger partial charge in [-0.05, 0) is 48.7 Å². The maximum Gasteiger partial charge on any atom is 0.244 e. The van der Waals surface area contributed by atoms with E-state index in [1.54, 1.807) is 24.3 Å². The highest BCUT2D eigenvalue weighted by atomic mass is 32.2. The van der Waals surface area contributed by atoms with Gasteiger partial charge in [-0.2, -0.15) is 0 Å². The Bertz CT molecular complexity index is 1380. The van der Waals surface area contributed by atoms with E-state index in [1.807, 2.05) is 44.2 Å². The number of para-hydroxylation sites is 2. The number of anilines is 1. The largest absolute Gasteiger partial charge is 0.495 e. The lowest BCUT2D eigenvalue weighted by atomic mass is 10.0. The van der Waals surface area contributed by atoms with Crippen LogP contribution in [0, 0.1) is 5.82 Å². The third kappa shape index (κ3) is 8.29. The molecule has 2 atom stereocenters. The van der Waals surface area contributed by atoms with E-state index in [0.29, 0.717) is 12.0 Å². The Balaban J connectivity index is 2.07. The average Bonchev–Trinajstić information content (AvgIpc) is 2.94. The highest BCUT2D eigenvalue weighted by Crippen LogP contribution is 2.30. The molecule has 8 nitrogen and oxygen atoms in total. The molecule has 0 saturated carbocycles. The molecule has 0 radical (unpaired) electrons. The summed E-state index contributed by atoms with van der Waals surface area (Å²) >= 11 is 0. The smallest absolute Gasteiger partial charge is 0.244 e. The molecule has 0 spiro atoms. The molecule has 3 aromatic carbocycles. The van der Waals surface area contributed by atoms with E-state index in [9.17, 15) is 22.4 Å². The van der Waals surface area contributed by atoms with Crippen molar-refractivity contribution in [3.63, 3.8) is 0 Å². The van der Waals surface area contributed by atoms with Gasteiger partial charge in [0.1, 0.15) is 24.2 Å². The predicted molar refractivity (Wildman–Crippen MR) is 154 cm³/mol. The zero-order valence-electron chi connectivity index (χ0n) is 23.2. The molecule has 0 heterocycles. The maximum atomic E-state index is 14.1. The number of nitrogens with one attached hydrogen (secondary N) is 1. The molecule has 10 heteroatoms. The van der Waals surface area contributed by atoms with Gasteiger partial charge in [0.05, 0.1) is 19.1 Å². The molecule has 3 rings (SSSR count). The topological polar surface area (TPSA) is 96.0 Å². The van der Waals surface area contributed by atoms with Crippen LogP contribution in [0.4, 0.5) is 10.1 Å². The molecule has 0 fully saturated rings. The normalized spacial score (nSPS) is 12.7. The fraction of sp³-hybridized carbons (Fsp3) is 0.333. The number of hydrogen-bond donors (Lipinski definition) is 1. The molecule has 214 valence electrons. The van der Waals surface area contributed by atoms with Crippen molar-refractivity contribution in [1.82, 2.24) is 10.2 Å². The minimum atomic E-state index is -3.93. The molecule has 0 unspecified atom stereocenters. The minimum absolute atomic E-state index is 0.0337. The number of sulfonamides is 1. The number of nitrogens with zero attached hydrogens (tertiary/aromatic N) is 2. The van der Waals surface area contributed by atoms with Gasteiger partial charge in [0.2, 0.25) is 21.8 Å². The monoisotopic (exact) mass is 569 g/mol. The second-order valence-electron chi connectivity index (χ2n) is 9.61. The SMILES string of the molecule is CC[C@@H](C)NC(=O)[C@H](Cc1ccccc1)N(Cc1ccc(F)cc1)C(=O)CN(c1ccccc1OC)S(C)(=O)=O. The number of amides is 2. The number of halogens is 1. The van der Waals surface area contributed by atoms with Crippen molar-refractivity contribution in [2.24, 2.45) is 0 Å². The van der Waals surface area contributed by atoms with Crippen molar-refractivity contribution >= 4 is 27.5 Å². The van der Waals surface area contributed by atoms with Gasteiger partial charge in [-0.15, -0.1) is 0 Å². The predicted octanol–water partition coefficient (Wildman–Crippen LogP) is 4.16. The van der Waals surface area contributed by atoms with E-state index in [-0.39, 0.29) is 36.4 Å². The van der Waals surface area contributed by atoms with E-state index in [2.05, 4.69) is 5.32 Å². The molecule has 3 aromatic rings. The number of ether oxygens (including phenoxy) is 1. The van der Waals surface area contributed by atoms with E-state index in [4.69, 9.17) is 4.74 Å². The fourth-order valence-electron chi connectivity index (χ4n) is 4.21. The molecule has 0 aromatic heterocycles. The van der Waals surface area contributed by atoms with Gasteiger partial charge in [-0.1, -0.05) is 61.5 Å². The van der Waals surface area contributed by atoms with Crippen LogP contribution in [0.15, 0.2) is 78.9 Å². The molecule has 0 aliphatic rings. The first-order valence-electron chi connectivity index (χ1n) is 13.0. The lowest BCUT2D eigenvalue weighted by Gasteiger charge is -2.34. The van der Waals surface area contributed by atoms with Crippen molar-refractivity contribution in [3.05, 3.63) is 95.8 Å². The van der Waals surface area contributed by atoms with Gasteiger partial charge in [0.25, 0.3) is 0 Å². The van der Waals surface area contributed by atoms with Crippen molar-refractivity contribution < 1.29 is 27.1 Å².